The summed E-state index contributed by atoms with van der Waals surface area (Å²) in [5.41, 5.74) is 5.18. The number of nitrogens with zero attached hydrogens (tertiary/aromatic N) is 2. The predicted molar refractivity (Wildman–Crippen MR) is 73.1 cm³/mol. The quantitative estimate of drug-likeness (QED) is 0.746. The van der Waals surface area contributed by atoms with Gasteiger partial charge in [0.05, 0.1) is 12.3 Å². The summed E-state index contributed by atoms with van der Waals surface area (Å²) >= 11 is 0. The molecule has 0 unspecified atom stereocenters. The van der Waals surface area contributed by atoms with Crippen molar-refractivity contribution in [2.75, 3.05) is 45.1 Å². The summed E-state index contributed by atoms with van der Waals surface area (Å²) in [4.78, 5) is 1.79. The fourth-order valence-corrected chi connectivity index (χ4v) is 3.76. The van der Waals surface area contributed by atoms with Crippen molar-refractivity contribution in [2.24, 2.45) is 0 Å². The summed E-state index contributed by atoms with van der Waals surface area (Å²) < 4.78 is 39.6. The number of anilines is 1. The number of β-amino-alcohol motifs (C(OH)–C–C–N with tert-alkyl or cyclic N) is 1. The second-order valence-electron chi connectivity index (χ2n) is 4.62. The first-order valence-electron chi connectivity index (χ1n) is 6.34. The number of nitrogens with two attached hydrogens (primary N) is 1. The average Bonchev–Trinajstić information content (AvgIpc) is 2.42. The molecule has 0 amide bonds. The smallest absolute Gasteiger partial charge is 0.245 e. The van der Waals surface area contributed by atoms with Crippen molar-refractivity contribution >= 4 is 15.7 Å². The Morgan fingerprint density at radius 3 is 2.50 bits per heavy atom. The monoisotopic (exact) mass is 303 g/mol. The molecule has 0 radical (unpaired) electrons. The van der Waals surface area contributed by atoms with Crippen molar-refractivity contribution in [1.82, 2.24) is 9.21 Å². The number of nitrogen functional groups attached to an aromatic ring is 1. The minimum atomic E-state index is -3.77. The molecule has 6 nitrogen and oxygen atoms in total. The molecule has 0 aromatic heterocycles. The van der Waals surface area contributed by atoms with Crippen molar-refractivity contribution in [3.8, 4) is 0 Å². The van der Waals surface area contributed by atoms with Crippen LogP contribution in [0.5, 0.6) is 0 Å². The van der Waals surface area contributed by atoms with Gasteiger partial charge in [-0.15, -0.1) is 0 Å². The van der Waals surface area contributed by atoms with Gasteiger partial charge in [0.25, 0.3) is 0 Å². The lowest BCUT2D eigenvalue weighted by Crippen LogP contribution is -2.49. The van der Waals surface area contributed by atoms with Crippen molar-refractivity contribution in [2.45, 2.75) is 4.90 Å². The van der Waals surface area contributed by atoms with Crippen LogP contribution in [0.3, 0.4) is 0 Å². The molecule has 0 atom stereocenters. The molecule has 0 bridgehead atoms. The number of para-hydroxylation sites is 1. The molecule has 3 N–H and O–H groups in total. The summed E-state index contributed by atoms with van der Waals surface area (Å²) in [6.07, 6.45) is 0. The van der Waals surface area contributed by atoms with E-state index in [2.05, 4.69) is 0 Å². The van der Waals surface area contributed by atoms with Crippen molar-refractivity contribution < 1.29 is 17.9 Å². The molecule has 20 heavy (non-hydrogen) atoms. The Kier molecular flexibility index (Phi) is 4.59. The Hall–Kier alpha value is -1.22. The lowest BCUT2D eigenvalue weighted by molar-refractivity contribution is 0.151. The van der Waals surface area contributed by atoms with Crippen LogP contribution in [-0.2, 0) is 10.0 Å². The summed E-state index contributed by atoms with van der Waals surface area (Å²) in [6, 6.07) is 3.78. The summed E-state index contributed by atoms with van der Waals surface area (Å²) in [6.45, 7) is 2.25. The van der Waals surface area contributed by atoms with Crippen LogP contribution in [0.4, 0.5) is 10.1 Å². The van der Waals surface area contributed by atoms with E-state index in [1.807, 2.05) is 4.90 Å². The summed E-state index contributed by atoms with van der Waals surface area (Å²) in [5.74, 6) is -0.731. The van der Waals surface area contributed by atoms with E-state index in [4.69, 9.17) is 10.8 Å². The third-order valence-electron chi connectivity index (χ3n) is 3.38. The minimum Gasteiger partial charge on any atom is -0.395 e. The number of sulfonamides is 1. The summed E-state index contributed by atoms with van der Waals surface area (Å²) in [5, 5.41) is 8.86. The Labute approximate surface area is 117 Å². The maximum Gasteiger partial charge on any atom is 0.245 e. The maximum atomic E-state index is 13.4. The third-order valence-corrected chi connectivity index (χ3v) is 5.34. The minimum absolute atomic E-state index is 0.0452. The molecule has 112 valence electrons. The first-order chi connectivity index (χ1) is 9.46. The Morgan fingerprint density at radius 2 is 1.90 bits per heavy atom. The first kappa shape index (κ1) is 15.2. The predicted octanol–water partition coefficient (Wildman–Crippen LogP) is -0.294. The van der Waals surface area contributed by atoms with Gasteiger partial charge in [0.15, 0.2) is 0 Å². The van der Waals surface area contributed by atoms with Crippen LogP contribution in [0.15, 0.2) is 23.1 Å². The van der Waals surface area contributed by atoms with Crippen LogP contribution in [0.25, 0.3) is 0 Å². The van der Waals surface area contributed by atoms with Gasteiger partial charge in [-0.3, -0.25) is 4.90 Å². The Morgan fingerprint density at radius 1 is 1.25 bits per heavy atom. The van der Waals surface area contributed by atoms with Crippen LogP contribution < -0.4 is 5.73 Å². The topological polar surface area (TPSA) is 86.9 Å². The zero-order valence-corrected chi connectivity index (χ0v) is 11.8. The normalized spacial score (nSPS) is 18.3. The standard InChI is InChI=1S/C12H18FN3O3S/c13-10-2-1-3-11(12(10)14)20(18,19)16-6-4-15(5-7-16)8-9-17/h1-3,17H,4-9,14H2. The van der Waals surface area contributed by atoms with E-state index in [0.29, 0.717) is 32.7 Å². The van der Waals surface area contributed by atoms with E-state index >= 15 is 0 Å². The largest absolute Gasteiger partial charge is 0.395 e. The van der Waals surface area contributed by atoms with Crippen molar-refractivity contribution in [3.05, 3.63) is 24.0 Å². The highest BCUT2D eigenvalue weighted by Gasteiger charge is 2.30. The van der Waals surface area contributed by atoms with Crippen LogP contribution in [0.2, 0.25) is 0 Å². The van der Waals surface area contributed by atoms with Crippen LogP contribution in [-0.4, -0.2) is 62.1 Å². The van der Waals surface area contributed by atoms with E-state index in [1.165, 1.54) is 16.4 Å². The maximum absolute atomic E-state index is 13.4. The molecular formula is C12H18FN3O3S. The fraction of sp³-hybridized carbons (Fsp3) is 0.500. The molecule has 0 saturated carbocycles. The second-order valence-corrected chi connectivity index (χ2v) is 6.53. The van der Waals surface area contributed by atoms with Crippen LogP contribution in [0, 0.1) is 5.82 Å². The van der Waals surface area contributed by atoms with Gasteiger partial charge < -0.3 is 10.8 Å². The van der Waals surface area contributed by atoms with Crippen molar-refractivity contribution in [3.63, 3.8) is 0 Å². The highest BCUT2D eigenvalue weighted by atomic mass is 32.2. The van der Waals surface area contributed by atoms with E-state index in [9.17, 15) is 12.8 Å². The van der Waals surface area contributed by atoms with Gasteiger partial charge in [-0.25, -0.2) is 12.8 Å². The molecule has 1 fully saturated rings. The molecule has 1 saturated heterocycles. The van der Waals surface area contributed by atoms with Gasteiger partial charge in [0.2, 0.25) is 10.0 Å². The molecule has 2 rings (SSSR count). The van der Waals surface area contributed by atoms with Gasteiger partial charge >= 0.3 is 0 Å². The zero-order valence-electron chi connectivity index (χ0n) is 11.0. The van der Waals surface area contributed by atoms with Gasteiger partial charge in [-0.2, -0.15) is 4.31 Å². The SMILES string of the molecule is Nc1c(F)cccc1S(=O)(=O)N1CCN(CCO)CC1. The molecular weight excluding hydrogens is 285 g/mol. The van der Waals surface area contributed by atoms with Crippen LogP contribution in [0.1, 0.15) is 0 Å². The van der Waals surface area contributed by atoms with E-state index in [0.717, 1.165) is 6.07 Å². The fourth-order valence-electron chi connectivity index (χ4n) is 2.22. The summed E-state index contributed by atoms with van der Waals surface area (Å²) in [7, 11) is -3.77. The molecule has 1 aliphatic rings. The zero-order chi connectivity index (χ0) is 14.8. The Bertz CT molecular complexity index is 571. The van der Waals surface area contributed by atoms with Crippen molar-refractivity contribution in [1.29, 1.82) is 0 Å². The molecule has 1 aromatic carbocycles. The molecule has 8 heteroatoms. The third kappa shape index (κ3) is 2.93. The van der Waals surface area contributed by atoms with Crippen LogP contribution >= 0.6 is 0 Å². The van der Waals surface area contributed by atoms with Gasteiger partial charge in [0.1, 0.15) is 10.7 Å². The van der Waals surface area contributed by atoms with Gasteiger partial charge in [-0.1, -0.05) is 6.07 Å². The van der Waals surface area contributed by atoms with Gasteiger partial charge in [0, 0.05) is 32.7 Å². The van der Waals surface area contributed by atoms with E-state index in [-0.39, 0.29) is 17.2 Å². The highest BCUT2D eigenvalue weighted by Crippen LogP contribution is 2.25. The number of hydrogen-bond donors (Lipinski definition) is 2. The number of rotatable bonds is 4. The molecule has 0 spiro atoms. The Balaban J connectivity index is 2.18. The number of aliphatic hydroxyl groups excluding tert-OH is 1. The van der Waals surface area contributed by atoms with E-state index < -0.39 is 15.8 Å². The van der Waals surface area contributed by atoms with Gasteiger partial charge in [-0.05, 0) is 12.1 Å². The second kappa shape index (κ2) is 6.04. The first-order valence-corrected chi connectivity index (χ1v) is 7.78. The molecule has 1 heterocycles. The number of aliphatic hydroxyl groups is 1. The highest BCUT2D eigenvalue weighted by molar-refractivity contribution is 7.89. The average molecular weight is 303 g/mol. The number of benzene rings is 1. The number of piperazine rings is 1. The lowest BCUT2D eigenvalue weighted by atomic mass is 10.3. The molecule has 1 aliphatic heterocycles. The molecule has 0 aliphatic carbocycles. The number of hydrogen-bond acceptors (Lipinski definition) is 5. The lowest BCUT2D eigenvalue weighted by Gasteiger charge is -2.33. The number of halogens is 1. The van der Waals surface area contributed by atoms with E-state index in [1.54, 1.807) is 0 Å². The molecule has 1 aromatic rings.